The lowest BCUT2D eigenvalue weighted by molar-refractivity contribution is -0.116. The second kappa shape index (κ2) is 9.61. The van der Waals surface area contributed by atoms with E-state index in [2.05, 4.69) is 58.6 Å². The second-order valence-corrected chi connectivity index (χ2v) is 8.70. The molecule has 172 valence electrons. The molecular weight excluding hydrogens is 412 g/mol. The second-order valence-electron chi connectivity index (χ2n) is 8.70. The Balaban J connectivity index is 1.74. The summed E-state index contributed by atoms with van der Waals surface area (Å²) in [5, 5.41) is 6.31. The zero-order chi connectivity index (χ0) is 23.5. The fourth-order valence-corrected chi connectivity index (χ4v) is 4.81. The number of nitrogens with zero attached hydrogens (tertiary/aromatic N) is 2. The molecule has 1 aromatic carbocycles. The molecule has 33 heavy (non-hydrogen) atoms. The van der Waals surface area contributed by atoms with Crippen molar-refractivity contribution in [3.8, 4) is 0 Å². The Morgan fingerprint density at radius 3 is 2.45 bits per heavy atom. The van der Waals surface area contributed by atoms with Gasteiger partial charge in [-0.1, -0.05) is 18.2 Å². The van der Waals surface area contributed by atoms with Crippen LogP contribution in [0, 0.1) is 6.92 Å². The number of anilines is 2. The quantitative estimate of drug-likeness (QED) is 0.667. The molecule has 1 amide bonds. The number of allylic oxidation sites excluding steroid dienone is 3. The van der Waals surface area contributed by atoms with Gasteiger partial charge in [0.1, 0.15) is 5.82 Å². The molecule has 1 aromatic heterocycles. The number of ketones is 1. The van der Waals surface area contributed by atoms with Gasteiger partial charge in [0.15, 0.2) is 5.78 Å². The third-order valence-corrected chi connectivity index (χ3v) is 6.53. The van der Waals surface area contributed by atoms with E-state index in [-0.39, 0.29) is 11.7 Å². The summed E-state index contributed by atoms with van der Waals surface area (Å²) in [7, 11) is 0. The van der Waals surface area contributed by atoms with Gasteiger partial charge in [0.25, 0.3) is 5.91 Å². The van der Waals surface area contributed by atoms with Crippen molar-refractivity contribution in [1.29, 1.82) is 0 Å². The Kier molecular flexibility index (Phi) is 6.63. The highest BCUT2D eigenvalue weighted by molar-refractivity contribution is 6.09. The Labute approximate surface area is 195 Å². The predicted molar refractivity (Wildman–Crippen MR) is 132 cm³/mol. The molecule has 4 rings (SSSR count). The highest BCUT2D eigenvalue weighted by atomic mass is 16.2. The van der Waals surface area contributed by atoms with Gasteiger partial charge in [0, 0.05) is 59.9 Å². The maximum Gasteiger partial charge on any atom is 0.255 e. The predicted octanol–water partition coefficient (Wildman–Crippen LogP) is 4.84. The third kappa shape index (κ3) is 4.56. The van der Waals surface area contributed by atoms with Crippen LogP contribution in [0.4, 0.5) is 11.5 Å². The van der Waals surface area contributed by atoms with Crippen LogP contribution < -0.4 is 15.5 Å². The number of amides is 1. The van der Waals surface area contributed by atoms with E-state index in [9.17, 15) is 9.59 Å². The van der Waals surface area contributed by atoms with Crippen molar-refractivity contribution in [1.82, 2.24) is 10.3 Å². The first-order chi connectivity index (χ1) is 15.9. The first kappa shape index (κ1) is 22.8. The molecule has 1 aliphatic carbocycles. The van der Waals surface area contributed by atoms with Crippen molar-refractivity contribution in [2.75, 3.05) is 23.3 Å². The molecule has 1 atom stereocenters. The molecule has 6 heteroatoms. The first-order valence-electron chi connectivity index (χ1n) is 11.8. The highest BCUT2D eigenvalue weighted by Crippen LogP contribution is 2.42. The minimum absolute atomic E-state index is 0.118. The summed E-state index contributed by atoms with van der Waals surface area (Å²) in [5.74, 6) is -0.0199. The molecule has 2 heterocycles. The fraction of sp³-hybridized carbons (Fsp3) is 0.370. The van der Waals surface area contributed by atoms with Gasteiger partial charge in [0.2, 0.25) is 0 Å². The van der Waals surface area contributed by atoms with Crippen molar-refractivity contribution < 1.29 is 9.59 Å². The molecule has 0 saturated heterocycles. The van der Waals surface area contributed by atoms with Crippen LogP contribution in [0.25, 0.3) is 0 Å². The normalized spacial score (nSPS) is 18.1. The number of pyridine rings is 1. The molecule has 0 bridgehead atoms. The van der Waals surface area contributed by atoms with Gasteiger partial charge < -0.3 is 15.5 Å². The van der Waals surface area contributed by atoms with Crippen LogP contribution in [0.15, 0.2) is 65.1 Å². The maximum absolute atomic E-state index is 13.5. The topological polar surface area (TPSA) is 74.3 Å². The lowest BCUT2D eigenvalue weighted by Gasteiger charge is -2.34. The van der Waals surface area contributed by atoms with Crippen LogP contribution in [0.1, 0.15) is 57.1 Å². The van der Waals surface area contributed by atoms with Crippen LogP contribution in [-0.2, 0) is 9.59 Å². The van der Waals surface area contributed by atoms with Crippen LogP contribution >= 0.6 is 0 Å². The van der Waals surface area contributed by atoms with Crippen LogP contribution in [0.3, 0.4) is 0 Å². The standard InChI is InChI=1S/C27H32N4O2/c1-5-31(6-2)20-13-11-19(12-14-20)25-24(27(33)30-23-15-10-17(3)16-28-23)18(4)29-21-8-7-9-22(32)26(21)25/h10-16,25,29H,5-9H2,1-4H3,(H,28,30,33)/t25-/m1/s1. The number of rotatable bonds is 6. The maximum atomic E-state index is 13.5. The number of Topliss-reactive ketones (excluding diaryl/α,β-unsaturated/α-hetero) is 1. The van der Waals surface area contributed by atoms with Gasteiger partial charge >= 0.3 is 0 Å². The number of benzene rings is 1. The van der Waals surface area contributed by atoms with Gasteiger partial charge in [0.05, 0.1) is 0 Å². The Morgan fingerprint density at radius 2 is 1.82 bits per heavy atom. The van der Waals surface area contributed by atoms with Crippen molar-refractivity contribution in [2.45, 2.75) is 52.9 Å². The van der Waals surface area contributed by atoms with Gasteiger partial charge in [-0.15, -0.1) is 0 Å². The summed E-state index contributed by atoms with van der Waals surface area (Å²) in [6.45, 7) is 9.99. The zero-order valence-electron chi connectivity index (χ0n) is 19.9. The minimum Gasteiger partial charge on any atom is -0.372 e. The number of nitrogens with one attached hydrogen (secondary N) is 2. The van der Waals surface area contributed by atoms with E-state index in [0.717, 1.165) is 59.7 Å². The van der Waals surface area contributed by atoms with E-state index in [1.807, 2.05) is 19.9 Å². The molecule has 0 unspecified atom stereocenters. The number of aryl methyl sites for hydroxylation is 1. The molecular formula is C27H32N4O2. The first-order valence-corrected chi connectivity index (χ1v) is 11.8. The van der Waals surface area contributed by atoms with Crippen LogP contribution in [-0.4, -0.2) is 29.8 Å². The number of aromatic nitrogens is 1. The Bertz CT molecular complexity index is 1110. The van der Waals surface area contributed by atoms with Gasteiger partial charge in [-0.2, -0.15) is 0 Å². The molecule has 0 spiro atoms. The zero-order valence-corrected chi connectivity index (χ0v) is 19.9. The fourth-order valence-electron chi connectivity index (χ4n) is 4.81. The van der Waals surface area contributed by atoms with E-state index >= 15 is 0 Å². The van der Waals surface area contributed by atoms with Crippen molar-refractivity contribution in [3.05, 3.63) is 76.3 Å². The Hall–Kier alpha value is -3.41. The number of hydrogen-bond donors (Lipinski definition) is 2. The number of hydrogen-bond acceptors (Lipinski definition) is 5. The van der Waals surface area contributed by atoms with E-state index < -0.39 is 5.92 Å². The molecule has 2 aromatic rings. The number of carbonyl (C=O) groups is 2. The van der Waals surface area contributed by atoms with E-state index in [4.69, 9.17) is 0 Å². The summed E-state index contributed by atoms with van der Waals surface area (Å²) < 4.78 is 0. The monoisotopic (exact) mass is 444 g/mol. The SMILES string of the molecule is CCN(CC)c1ccc([C@@H]2C(C(=O)Nc3ccc(C)cn3)=C(C)NC3=C2C(=O)CCC3)cc1. The minimum atomic E-state index is -0.398. The van der Waals surface area contributed by atoms with E-state index in [1.54, 1.807) is 12.3 Å². The van der Waals surface area contributed by atoms with Gasteiger partial charge in [-0.25, -0.2) is 4.98 Å². The van der Waals surface area contributed by atoms with Crippen LogP contribution in [0.2, 0.25) is 0 Å². The summed E-state index contributed by atoms with van der Waals surface area (Å²) >= 11 is 0. The molecule has 0 radical (unpaired) electrons. The summed E-state index contributed by atoms with van der Waals surface area (Å²) in [4.78, 5) is 33.2. The highest BCUT2D eigenvalue weighted by Gasteiger charge is 2.38. The van der Waals surface area contributed by atoms with Gasteiger partial charge in [-0.3, -0.25) is 9.59 Å². The van der Waals surface area contributed by atoms with E-state index in [1.165, 1.54) is 0 Å². The molecule has 0 fully saturated rings. The van der Waals surface area contributed by atoms with E-state index in [0.29, 0.717) is 17.8 Å². The molecule has 2 N–H and O–H groups in total. The molecule has 2 aliphatic rings. The number of dihydropyridines is 1. The summed E-state index contributed by atoms with van der Waals surface area (Å²) in [6, 6.07) is 12.0. The van der Waals surface area contributed by atoms with Crippen molar-refractivity contribution in [3.63, 3.8) is 0 Å². The molecule has 0 saturated carbocycles. The van der Waals surface area contributed by atoms with Crippen molar-refractivity contribution in [2.24, 2.45) is 0 Å². The average Bonchev–Trinajstić information content (AvgIpc) is 2.81. The van der Waals surface area contributed by atoms with Gasteiger partial charge in [-0.05, 0) is 69.9 Å². The molecule has 6 nitrogen and oxygen atoms in total. The third-order valence-electron chi connectivity index (χ3n) is 6.53. The largest absolute Gasteiger partial charge is 0.372 e. The summed E-state index contributed by atoms with van der Waals surface area (Å²) in [6.07, 6.45) is 3.90. The smallest absolute Gasteiger partial charge is 0.255 e. The molecule has 1 aliphatic heterocycles. The number of carbonyl (C=O) groups excluding carboxylic acids is 2. The lowest BCUT2D eigenvalue weighted by Crippen LogP contribution is -2.35. The summed E-state index contributed by atoms with van der Waals surface area (Å²) in [5.41, 5.74) is 6.15. The van der Waals surface area contributed by atoms with Crippen LogP contribution in [0.5, 0.6) is 0 Å². The Morgan fingerprint density at radius 1 is 1.09 bits per heavy atom. The average molecular weight is 445 g/mol. The lowest BCUT2D eigenvalue weighted by atomic mass is 9.75. The van der Waals surface area contributed by atoms with Crippen molar-refractivity contribution >= 4 is 23.2 Å².